The summed E-state index contributed by atoms with van der Waals surface area (Å²) in [6.45, 7) is 0.643. The molecule has 0 aromatic rings. The van der Waals surface area contributed by atoms with E-state index in [1.165, 1.54) is 32.1 Å². The van der Waals surface area contributed by atoms with Crippen LogP contribution in [0.2, 0.25) is 0 Å². The number of hydrogen-bond donors (Lipinski definition) is 2. The fourth-order valence-corrected chi connectivity index (χ4v) is 2.13. The van der Waals surface area contributed by atoms with Crippen molar-refractivity contribution in [1.82, 2.24) is 5.32 Å². The van der Waals surface area contributed by atoms with Crippen LogP contribution < -0.4 is 5.32 Å². The summed E-state index contributed by atoms with van der Waals surface area (Å²) in [4.78, 5) is 31.6. The fraction of sp³-hybridized carbons (Fsp3) is 0.812. The van der Waals surface area contributed by atoms with Gasteiger partial charge in [-0.15, -0.1) is 0 Å². The third-order valence-electron chi connectivity index (χ3n) is 3.39. The SMILES string of the molecule is O=CCCCCCCCCCCCNC(=O)CCC(=O)O. The second-order valence-corrected chi connectivity index (χ2v) is 5.38. The third kappa shape index (κ3) is 16.6. The summed E-state index contributed by atoms with van der Waals surface area (Å²) in [6.07, 6.45) is 12.0. The van der Waals surface area contributed by atoms with Crippen molar-refractivity contribution in [2.45, 2.75) is 77.0 Å². The molecule has 0 aliphatic carbocycles. The van der Waals surface area contributed by atoms with Gasteiger partial charge in [-0.3, -0.25) is 9.59 Å². The maximum atomic E-state index is 11.2. The molecule has 0 aliphatic heterocycles. The third-order valence-corrected chi connectivity index (χ3v) is 3.39. The smallest absolute Gasteiger partial charge is 0.303 e. The second-order valence-electron chi connectivity index (χ2n) is 5.38. The lowest BCUT2D eigenvalue weighted by Gasteiger charge is -2.04. The number of rotatable bonds is 15. The molecule has 0 radical (unpaired) electrons. The van der Waals surface area contributed by atoms with E-state index in [0.29, 0.717) is 13.0 Å². The lowest BCUT2D eigenvalue weighted by Crippen LogP contribution is -2.24. The molecule has 0 fully saturated rings. The predicted molar refractivity (Wildman–Crippen MR) is 82.1 cm³/mol. The molecule has 21 heavy (non-hydrogen) atoms. The molecule has 0 aliphatic rings. The van der Waals surface area contributed by atoms with E-state index in [9.17, 15) is 14.4 Å². The number of carbonyl (C=O) groups excluding carboxylic acids is 2. The molecule has 0 atom stereocenters. The molecule has 5 nitrogen and oxygen atoms in total. The van der Waals surface area contributed by atoms with Gasteiger partial charge in [0.2, 0.25) is 5.91 Å². The van der Waals surface area contributed by atoms with E-state index in [1.54, 1.807) is 0 Å². The summed E-state index contributed by atoms with van der Waals surface area (Å²) in [5.74, 6) is -1.11. The van der Waals surface area contributed by atoms with Crippen LogP contribution in [-0.2, 0) is 14.4 Å². The average molecular weight is 299 g/mol. The maximum Gasteiger partial charge on any atom is 0.303 e. The molecule has 0 bridgehead atoms. The molecule has 0 saturated carbocycles. The first-order valence-electron chi connectivity index (χ1n) is 8.09. The second kappa shape index (κ2) is 15.0. The first kappa shape index (κ1) is 19.6. The number of nitrogens with one attached hydrogen (secondary N) is 1. The average Bonchev–Trinajstić information content (AvgIpc) is 2.46. The van der Waals surface area contributed by atoms with Gasteiger partial charge in [0.25, 0.3) is 0 Å². The highest BCUT2D eigenvalue weighted by Crippen LogP contribution is 2.10. The Kier molecular flexibility index (Phi) is 14.0. The van der Waals surface area contributed by atoms with Gasteiger partial charge in [-0.1, -0.05) is 44.9 Å². The monoisotopic (exact) mass is 299 g/mol. The Labute approximate surface area is 127 Å². The Bertz CT molecular complexity index is 292. The zero-order chi connectivity index (χ0) is 15.8. The van der Waals surface area contributed by atoms with Crippen LogP contribution in [0.5, 0.6) is 0 Å². The van der Waals surface area contributed by atoms with Crippen molar-refractivity contribution in [2.24, 2.45) is 0 Å². The van der Waals surface area contributed by atoms with Crippen LogP contribution in [0.25, 0.3) is 0 Å². The highest BCUT2D eigenvalue weighted by atomic mass is 16.4. The zero-order valence-corrected chi connectivity index (χ0v) is 12.9. The Morgan fingerprint density at radius 3 is 1.86 bits per heavy atom. The van der Waals surface area contributed by atoms with Gasteiger partial charge < -0.3 is 15.2 Å². The van der Waals surface area contributed by atoms with Crippen LogP contribution in [0.4, 0.5) is 0 Å². The largest absolute Gasteiger partial charge is 0.481 e. The zero-order valence-electron chi connectivity index (χ0n) is 12.9. The van der Waals surface area contributed by atoms with Gasteiger partial charge >= 0.3 is 5.97 Å². The number of carboxylic acids is 1. The van der Waals surface area contributed by atoms with E-state index in [1.807, 2.05) is 0 Å². The van der Waals surface area contributed by atoms with Crippen LogP contribution in [0.1, 0.15) is 77.0 Å². The standard InChI is InChI=1S/C16H29NO4/c18-14-10-8-6-4-2-1-3-5-7-9-13-17-15(19)11-12-16(20)21/h14H,1-13H2,(H,17,19)(H,20,21). The molecule has 0 saturated heterocycles. The molecule has 5 heteroatoms. The minimum atomic E-state index is -0.934. The van der Waals surface area contributed by atoms with E-state index in [-0.39, 0.29) is 18.7 Å². The van der Waals surface area contributed by atoms with E-state index in [4.69, 9.17) is 5.11 Å². The summed E-state index contributed by atoms with van der Waals surface area (Å²) < 4.78 is 0. The summed E-state index contributed by atoms with van der Waals surface area (Å²) >= 11 is 0. The van der Waals surface area contributed by atoms with E-state index in [0.717, 1.165) is 32.0 Å². The van der Waals surface area contributed by atoms with Gasteiger partial charge in [0, 0.05) is 19.4 Å². The Morgan fingerprint density at radius 1 is 0.810 bits per heavy atom. The highest BCUT2D eigenvalue weighted by Gasteiger charge is 2.03. The van der Waals surface area contributed by atoms with Crippen LogP contribution >= 0.6 is 0 Å². The fourth-order valence-electron chi connectivity index (χ4n) is 2.13. The van der Waals surface area contributed by atoms with E-state index >= 15 is 0 Å². The van der Waals surface area contributed by atoms with Gasteiger partial charge in [0.1, 0.15) is 6.29 Å². The van der Waals surface area contributed by atoms with Crippen molar-refractivity contribution in [1.29, 1.82) is 0 Å². The van der Waals surface area contributed by atoms with Gasteiger partial charge in [-0.2, -0.15) is 0 Å². The summed E-state index contributed by atoms with van der Waals surface area (Å²) in [7, 11) is 0. The van der Waals surface area contributed by atoms with Crippen molar-refractivity contribution in [2.75, 3.05) is 6.54 Å². The molecule has 122 valence electrons. The lowest BCUT2D eigenvalue weighted by atomic mass is 10.1. The number of unbranched alkanes of at least 4 members (excludes halogenated alkanes) is 9. The van der Waals surface area contributed by atoms with Crippen molar-refractivity contribution in [3.05, 3.63) is 0 Å². The van der Waals surface area contributed by atoms with Crippen molar-refractivity contribution in [3.8, 4) is 0 Å². The summed E-state index contributed by atoms with van der Waals surface area (Å²) in [5.41, 5.74) is 0. The Morgan fingerprint density at radius 2 is 1.33 bits per heavy atom. The van der Waals surface area contributed by atoms with Crippen LogP contribution in [-0.4, -0.2) is 29.8 Å². The number of amides is 1. The molecule has 0 unspecified atom stereocenters. The predicted octanol–water partition coefficient (Wildman–Crippen LogP) is 3.07. The van der Waals surface area contributed by atoms with Gasteiger partial charge in [0.15, 0.2) is 0 Å². The van der Waals surface area contributed by atoms with Crippen LogP contribution in [0, 0.1) is 0 Å². The Balaban J connectivity index is 3.13. The summed E-state index contributed by atoms with van der Waals surface area (Å²) in [5, 5.41) is 11.2. The molecule has 0 spiro atoms. The molecule has 0 aromatic heterocycles. The highest BCUT2D eigenvalue weighted by molar-refractivity contribution is 5.80. The number of aldehydes is 1. The maximum absolute atomic E-state index is 11.2. The minimum absolute atomic E-state index is 0.0689. The number of hydrogen-bond acceptors (Lipinski definition) is 3. The molecule has 2 N–H and O–H groups in total. The van der Waals surface area contributed by atoms with Crippen LogP contribution in [0.15, 0.2) is 0 Å². The first-order valence-corrected chi connectivity index (χ1v) is 8.09. The van der Waals surface area contributed by atoms with Crippen LogP contribution in [0.3, 0.4) is 0 Å². The van der Waals surface area contributed by atoms with Gasteiger partial charge in [0.05, 0.1) is 6.42 Å². The topological polar surface area (TPSA) is 83.5 Å². The van der Waals surface area contributed by atoms with E-state index < -0.39 is 5.97 Å². The van der Waals surface area contributed by atoms with Crippen molar-refractivity contribution < 1.29 is 19.5 Å². The van der Waals surface area contributed by atoms with Crippen molar-refractivity contribution >= 4 is 18.2 Å². The number of carboxylic acid groups (broad SMARTS) is 1. The van der Waals surface area contributed by atoms with E-state index in [2.05, 4.69) is 5.32 Å². The van der Waals surface area contributed by atoms with Crippen molar-refractivity contribution in [3.63, 3.8) is 0 Å². The molecule has 0 heterocycles. The Hall–Kier alpha value is -1.39. The number of aliphatic carboxylic acids is 1. The lowest BCUT2D eigenvalue weighted by molar-refractivity contribution is -0.138. The summed E-state index contributed by atoms with van der Waals surface area (Å²) in [6, 6.07) is 0. The number of carbonyl (C=O) groups is 3. The molecule has 1 amide bonds. The normalized spacial score (nSPS) is 10.3. The first-order chi connectivity index (χ1) is 10.2. The minimum Gasteiger partial charge on any atom is -0.481 e. The molecular formula is C16H29NO4. The molecule has 0 aromatic carbocycles. The molecular weight excluding hydrogens is 270 g/mol. The molecule has 0 rings (SSSR count). The van der Waals surface area contributed by atoms with Gasteiger partial charge in [-0.05, 0) is 12.8 Å². The van der Waals surface area contributed by atoms with Gasteiger partial charge in [-0.25, -0.2) is 0 Å². The quantitative estimate of drug-likeness (QED) is 0.359.